The summed E-state index contributed by atoms with van der Waals surface area (Å²) in [7, 11) is 0. The lowest BCUT2D eigenvalue weighted by Crippen LogP contribution is -2.53. The summed E-state index contributed by atoms with van der Waals surface area (Å²) in [6.07, 6.45) is 1.01. The van der Waals surface area contributed by atoms with Crippen LogP contribution in [0.15, 0.2) is 30.3 Å². The molecule has 1 amide bonds. The first-order valence-electron chi connectivity index (χ1n) is 8.12. The number of carbonyl (C=O) groups is 1. The molecule has 2 N–H and O–H groups in total. The molecule has 2 heterocycles. The van der Waals surface area contributed by atoms with Crippen LogP contribution < -0.4 is 10.6 Å². The van der Waals surface area contributed by atoms with Crippen molar-refractivity contribution < 1.29 is 9.53 Å². The topological polar surface area (TPSA) is 53.6 Å². The third-order valence-electron chi connectivity index (χ3n) is 4.52. The van der Waals surface area contributed by atoms with Gasteiger partial charge in [0.2, 0.25) is 5.91 Å². The van der Waals surface area contributed by atoms with Crippen molar-refractivity contribution in [2.75, 3.05) is 26.3 Å². The fraction of sp³-hybridized carbons (Fsp3) is 0.588. The smallest absolute Gasteiger partial charge is 0.239 e. The molecule has 2 fully saturated rings. The molecule has 136 valence electrons. The van der Waals surface area contributed by atoms with Crippen LogP contribution in [0.25, 0.3) is 0 Å². The number of ether oxygens (including phenoxy) is 1. The van der Waals surface area contributed by atoms with E-state index in [1.807, 2.05) is 6.07 Å². The number of carbonyl (C=O) groups excluding carboxylic acids is 1. The van der Waals surface area contributed by atoms with Crippen LogP contribution in [0.4, 0.5) is 0 Å². The summed E-state index contributed by atoms with van der Waals surface area (Å²) in [6.45, 7) is 6.00. The molecule has 3 rings (SSSR count). The van der Waals surface area contributed by atoms with Gasteiger partial charge in [-0.1, -0.05) is 30.3 Å². The van der Waals surface area contributed by atoms with E-state index in [0.717, 1.165) is 26.1 Å². The van der Waals surface area contributed by atoms with Gasteiger partial charge in [0.05, 0.1) is 13.2 Å². The zero-order valence-corrected chi connectivity index (χ0v) is 15.6. The van der Waals surface area contributed by atoms with E-state index in [2.05, 4.69) is 46.7 Å². The number of nitrogens with zero attached hydrogens (tertiary/aromatic N) is 1. The Balaban J connectivity index is 0.00000144. The predicted molar refractivity (Wildman–Crippen MR) is 100.0 cm³/mol. The molecule has 0 bridgehead atoms. The molecule has 2 aliphatic rings. The summed E-state index contributed by atoms with van der Waals surface area (Å²) < 4.78 is 5.36. The molecule has 0 aromatic heterocycles. The van der Waals surface area contributed by atoms with Crippen LogP contribution in [0.1, 0.15) is 18.9 Å². The maximum atomic E-state index is 12.3. The minimum Gasteiger partial charge on any atom is -0.378 e. The fourth-order valence-electron chi connectivity index (χ4n) is 3.28. The maximum Gasteiger partial charge on any atom is 0.239 e. The fourth-order valence-corrected chi connectivity index (χ4v) is 3.28. The number of amides is 1. The quantitative estimate of drug-likeness (QED) is 0.838. The molecule has 24 heavy (non-hydrogen) atoms. The Morgan fingerprint density at radius 2 is 2.08 bits per heavy atom. The largest absolute Gasteiger partial charge is 0.378 e. The average Bonchev–Trinajstić information content (AvgIpc) is 2.88. The van der Waals surface area contributed by atoms with Gasteiger partial charge in [0, 0.05) is 31.7 Å². The number of rotatable bonds is 4. The number of hydrogen-bond donors (Lipinski definition) is 2. The molecule has 0 spiro atoms. The first kappa shape index (κ1) is 21.2. The summed E-state index contributed by atoms with van der Waals surface area (Å²) in [4.78, 5) is 14.7. The van der Waals surface area contributed by atoms with E-state index >= 15 is 0 Å². The summed E-state index contributed by atoms with van der Waals surface area (Å²) in [5.74, 6) is 0.0680. The Morgan fingerprint density at radius 3 is 2.75 bits per heavy atom. The standard InChI is InChI=1S/C17H25N3O2.2ClH/c1-13-9-15(19-17(21)16-12-22-8-7-18-16)11-20(13)10-14-5-3-2-4-6-14;;/h2-6,13,15-16,18H,7-12H2,1H3,(H,19,21);2*1H. The van der Waals surface area contributed by atoms with Crippen LogP contribution in [0.5, 0.6) is 0 Å². The van der Waals surface area contributed by atoms with Crippen molar-refractivity contribution in [3.63, 3.8) is 0 Å². The molecule has 0 aliphatic carbocycles. The molecule has 0 saturated carbocycles. The van der Waals surface area contributed by atoms with Crippen LogP contribution in [0.2, 0.25) is 0 Å². The Labute approximate surface area is 156 Å². The second kappa shape index (κ2) is 10.2. The van der Waals surface area contributed by atoms with Gasteiger partial charge in [-0.25, -0.2) is 0 Å². The summed E-state index contributed by atoms with van der Waals surface area (Å²) in [6, 6.07) is 11.0. The molecule has 1 aromatic carbocycles. The number of halogens is 2. The van der Waals surface area contributed by atoms with Gasteiger partial charge in [-0.15, -0.1) is 24.8 Å². The van der Waals surface area contributed by atoms with Crippen molar-refractivity contribution in [1.29, 1.82) is 0 Å². The summed E-state index contributed by atoms with van der Waals surface area (Å²) in [5.41, 5.74) is 1.32. The molecule has 2 aliphatic heterocycles. The van der Waals surface area contributed by atoms with E-state index in [1.165, 1.54) is 5.56 Å². The Morgan fingerprint density at radius 1 is 1.33 bits per heavy atom. The van der Waals surface area contributed by atoms with Crippen LogP contribution in [-0.4, -0.2) is 55.2 Å². The van der Waals surface area contributed by atoms with Gasteiger partial charge in [-0.3, -0.25) is 9.69 Å². The normalized spacial score (nSPS) is 27.0. The SMILES string of the molecule is CC1CC(NC(=O)C2COCCN2)CN1Cc1ccccc1.Cl.Cl. The lowest BCUT2D eigenvalue weighted by atomic mass is 10.1. The van der Waals surface area contributed by atoms with E-state index in [9.17, 15) is 4.79 Å². The monoisotopic (exact) mass is 375 g/mol. The van der Waals surface area contributed by atoms with Gasteiger partial charge in [0.1, 0.15) is 6.04 Å². The van der Waals surface area contributed by atoms with Gasteiger partial charge in [0.15, 0.2) is 0 Å². The number of likely N-dealkylation sites (tertiary alicyclic amines) is 1. The highest BCUT2D eigenvalue weighted by Crippen LogP contribution is 2.20. The van der Waals surface area contributed by atoms with E-state index in [4.69, 9.17) is 4.74 Å². The first-order valence-corrected chi connectivity index (χ1v) is 8.12. The van der Waals surface area contributed by atoms with Gasteiger partial charge < -0.3 is 15.4 Å². The van der Waals surface area contributed by atoms with Crippen molar-refractivity contribution >= 4 is 30.7 Å². The van der Waals surface area contributed by atoms with Crippen LogP contribution in [0, 0.1) is 0 Å². The van der Waals surface area contributed by atoms with Crippen molar-refractivity contribution in [3.05, 3.63) is 35.9 Å². The Hall–Kier alpha value is -0.850. The predicted octanol–water partition coefficient (Wildman–Crippen LogP) is 1.60. The highest BCUT2D eigenvalue weighted by molar-refractivity contribution is 5.85. The molecule has 2 saturated heterocycles. The van der Waals surface area contributed by atoms with Crippen molar-refractivity contribution in [3.8, 4) is 0 Å². The lowest BCUT2D eigenvalue weighted by molar-refractivity contribution is -0.126. The average molecular weight is 376 g/mol. The molecular weight excluding hydrogens is 349 g/mol. The molecule has 3 unspecified atom stereocenters. The minimum atomic E-state index is -0.202. The van der Waals surface area contributed by atoms with Crippen molar-refractivity contribution in [1.82, 2.24) is 15.5 Å². The van der Waals surface area contributed by atoms with Crippen molar-refractivity contribution in [2.24, 2.45) is 0 Å². The summed E-state index contributed by atoms with van der Waals surface area (Å²) in [5, 5.41) is 6.38. The summed E-state index contributed by atoms with van der Waals surface area (Å²) >= 11 is 0. The van der Waals surface area contributed by atoms with Crippen LogP contribution in [-0.2, 0) is 16.1 Å². The molecule has 3 atom stereocenters. The van der Waals surface area contributed by atoms with Gasteiger partial charge in [-0.2, -0.15) is 0 Å². The van der Waals surface area contributed by atoms with Gasteiger partial charge in [-0.05, 0) is 18.9 Å². The first-order chi connectivity index (χ1) is 10.7. The third kappa shape index (κ3) is 5.60. The highest BCUT2D eigenvalue weighted by Gasteiger charge is 2.31. The van der Waals surface area contributed by atoms with Gasteiger partial charge in [0.25, 0.3) is 0 Å². The zero-order valence-electron chi connectivity index (χ0n) is 13.9. The van der Waals surface area contributed by atoms with E-state index in [1.54, 1.807) is 0 Å². The number of morpholine rings is 1. The molecule has 7 heteroatoms. The molecule has 1 aromatic rings. The number of hydrogen-bond acceptors (Lipinski definition) is 4. The Kier molecular flexibility index (Phi) is 9.02. The zero-order chi connectivity index (χ0) is 15.4. The van der Waals surface area contributed by atoms with E-state index in [-0.39, 0.29) is 42.8 Å². The molecule has 0 radical (unpaired) electrons. The van der Waals surface area contributed by atoms with E-state index in [0.29, 0.717) is 19.3 Å². The third-order valence-corrected chi connectivity index (χ3v) is 4.52. The van der Waals surface area contributed by atoms with E-state index < -0.39 is 0 Å². The molecular formula is C17H27Cl2N3O2. The molecule has 5 nitrogen and oxygen atoms in total. The second-order valence-electron chi connectivity index (χ2n) is 6.29. The van der Waals surface area contributed by atoms with Gasteiger partial charge >= 0.3 is 0 Å². The highest BCUT2D eigenvalue weighted by atomic mass is 35.5. The number of benzene rings is 1. The Bertz CT molecular complexity index is 498. The number of nitrogens with one attached hydrogen (secondary N) is 2. The van der Waals surface area contributed by atoms with Crippen LogP contribution in [0.3, 0.4) is 0 Å². The minimum absolute atomic E-state index is 0. The van der Waals surface area contributed by atoms with Crippen molar-refractivity contribution in [2.45, 2.75) is 38.0 Å². The van der Waals surface area contributed by atoms with Crippen LogP contribution >= 0.6 is 24.8 Å². The lowest BCUT2D eigenvalue weighted by Gasteiger charge is -2.24. The maximum absolute atomic E-state index is 12.3. The second-order valence-corrected chi connectivity index (χ2v) is 6.29.